The molecule has 1 heterocycles. The number of aliphatic carboxylic acids is 1. The number of hydrogen-bond acceptors (Lipinski definition) is 5. The Morgan fingerprint density at radius 3 is 2.23 bits per heavy atom. The zero-order chi connectivity index (χ0) is 26.0. The average Bonchev–Trinajstić information content (AvgIpc) is 2.84. The zero-order valence-electron chi connectivity index (χ0n) is 19.8. The molecule has 0 fully saturated rings. The highest BCUT2D eigenvalue weighted by atomic mass is 31.1. The number of carboxylic acid groups (broad SMARTS) is 1. The molecule has 0 aliphatic heterocycles. The van der Waals surface area contributed by atoms with Gasteiger partial charge in [0.25, 0.3) is 0 Å². The summed E-state index contributed by atoms with van der Waals surface area (Å²) in [4.78, 5) is 17.3. The molecule has 0 spiro atoms. The van der Waals surface area contributed by atoms with Crippen LogP contribution in [0.3, 0.4) is 0 Å². The summed E-state index contributed by atoms with van der Waals surface area (Å²) in [5.41, 5.74) is 0.191. The van der Waals surface area contributed by atoms with Crippen LogP contribution >= 0.6 is 8.03 Å². The first-order valence-corrected chi connectivity index (χ1v) is 12.0. The van der Waals surface area contributed by atoms with Crippen LogP contribution in [0.25, 0.3) is 22.5 Å². The lowest BCUT2D eigenvalue weighted by atomic mass is 9.76. The summed E-state index contributed by atoms with van der Waals surface area (Å²) >= 11 is 0. The molecule has 1 aromatic heterocycles. The Morgan fingerprint density at radius 2 is 1.74 bits per heavy atom. The molecule has 3 atom stereocenters. The quantitative estimate of drug-likeness (QED) is 0.307. The number of hydrogen-bond donors (Lipinski definition) is 2. The lowest BCUT2D eigenvalue weighted by Crippen LogP contribution is -2.53. The highest BCUT2D eigenvalue weighted by Gasteiger charge is 2.71. The van der Waals surface area contributed by atoms with Crippen molar-refractivity contribution in [3.05, 3.63) is 77.6 Å². The van der Waals surface area contributed by atoms with E-state index in [0.29, 0.717) is 16.8 Å². The summed E-state index contributed by atoms with van der Waals surface area (Å²) < 4.78 is 31.6. The van der Waals surface area contributed by atoms with Gasteiger partial charge in [-0.2, -0.15) is 0 Å². The fourth-order valence-electron chi connectivity index (χ4n) is 4.14. The molecule has 0 saturated carbocycles. The van der Waals surface area contributed by atoms with Crippen LogP contribution in [0.5, 0.6) is 0 Å². The predicted octanol–water partition coefficient (Wildman–Crippen LogP) is 5.73. The number of carbonyl (C=O) groups is 1. The van der Waals surface area contributed by atoms with Gasteiger partial charge in [-0.3, -0.25) is 0 Å². The van der Waals surface area contributed by atoms with Crippen molar-refractivity contribution in [3.63, 3.8) is 0 Å². The first-order chi connectivity index (χ1) is 16.5. The Balaban J connectivity index is 2.51. The minimum atomic E-state index is -3.07. The summed E-state index contributed by atoms with van der Waals surface area (Å²) in [5.74, 6) is -0.328. The number of halogens is 1. The summed E-state index contributed by atoms with van der Waals surface area (Å²) in [5, 5.41) is 19.5. The van der Waals surface area contributed by atoms with Crippen LogP contribution in [-0.2, 0) is 19.5 Å². The van der Waals surface area contributed by atoms with Crippen molar-refractivity contribution in [2.24, 2.45) is 0 Å². The molecule has 2 N–H and O–H groups in total. The maximum absolute atomic E-state index is 13.8. The van der Waals surface area contributed by atoms with E-state index in [1.165, 1.54) is 31.2 Å². The molecule has 3 aromatic rings. The van der Waals surface area contributed by atoms with Gasteiger partial charge in [0.15, 0.2) is 5.60 Å². The van der Waals surface area contributed by atoms with Crippen molar-refractivity contribution in [1.82, 2.24) is 4.98 Å². The van der Waals surface area contributed by atoms with Gasteiger partial charge in [0.05, 0.1) is 18.5 Å². The summed E-state index contributed by atoms with van der Waals surface area (Å²) in [6.07, 6.45) is 5.64. The molecule has 6 nitrogen and oxygen atoms in total. The molecule has 2 aromatic carbocycles. The number of pyridine rings is 1. The molecule has 180 valence electrons. The largest absolute Gasteiger partial charge is 0.543 e. The first kappa shape index (κ1) is 26.2. The maximum Gasteiger partial charge on any atom is 0.543 e. The molecule has 0 amide bonds. The number of carboxylic acids is 1. The third-order valence-corrected chi connectivity index (χ3v) is 7.64. The van der Waals surface area contributed by atoms with Gasteiger partial charge in [0.2, 0.25) is 0 Å². The van der Waals surface area contributed by atoms with Gasteiger partial charge >= 0.3 is 19.2 Å². The van der Waals surface area contributed by atoms with E-state index in [1.807, 2.05) is 44.2 Å². The van der Waals surface area contributed by atoms with Crippen LogP contribution in [0.2, 0.25) is 0 Å². The molecule has 0 radical (unpaired) electrons. The zero-order valence-corrected chi connectivity index (χ0v) is 20.7. The molecule has 3 rings (SSSR count). The Kier molecular flexibility index (Phi) is 7.52. The molecule has 35 heavy (non-hydrogen) atoms. The van der Waals surface area contributed by atoms with Gasteiger partial charge in [-0.25, -0.2) is 14.2 Å². The van der Waals surface area contributed by atoms with E-state index in [-0.39, 0.29) is 17.2 Å². The number of nitrogens with zero attached hydrogens (tertiary/aromatic N) is 1. The summed E-state index contributed by atoms with van der Waals surface area (Å²) in [6, 6.07) is 16.5. The van der Waals surface area contributed by atoms with Crippen molar-refractivity contribution in [2.75, 3.05) is 7.11 Å². The second kappa shape index (κ2) is 10.1. The topological polar surface area (TPSA) is 96.7 Å². The van der Waals surface area contributed by atoms with E-state index in [0.717, 1.165) is 12.7 Å². The fraction of sp³-hybridized carbons (Fsp3) is 0.259. The predicted molar refractivity (Wildman–Crippen MR) is 133 cm³/mol. The van der Waals surface area contributed by atoms with E-state index < -0.39 is 30.6 Å². The van der Waals surface area contributed by atoms with E-state index in [2.05, 4.69) is 5.92 Å². The molecular formula is C27H26FNO5P+. The normalized spacial score (nSPS) is 15.1. The third-order valence-electron chi connectivity index (χ3n) is 6.01. The minimum Gasteiger partial charge on any atom is -0.477 e. The van der Waals surface area contributed by atoms with Gasteiger partial charge < -0.3 is 10.2 Å². The van der Waals surface area contributed by atoms with Crippen molar-refractivity contribution < 1.29 is 28.5 Å². The van der Waals surface area contributed by atoms with Crippen LogP contribution in [-0.4, -0.2) is 33.4 Å². The second-order valence-electron chi connectivity index (χ2n) is 8.52. The van der Waals surface area contributed by atoms with Gasteiger partial charge in [-0.1, -0.05) is 44.2 Å². The molecule has 8 heteroatoms. The molecule has 0 aliphatic carbocycles. The molecule has 0 aliphatic rings. The number of rotatable bonds is 8. The number of terminal acetylenes is 1. The lowest BCUT2D eigenvalue weighted by Gasteiger charge is -2.34. The Hall–Kier alpha value is -3.43. The Morgan fingerprint density at radius 1 is 1.14 bits per heavy atom. The molecule has 3 unspecified atom stereocenters. The third kappa shape index (κ3) is 4.49. The van der Waals surface area contributed by atoms with E-state index in [4.69, 9.17) is 15.9 Å². The number of aromatic nitrogens is 1. The fourth-order valence-corrected chi connectivity index (χ4v) is 5.14. The van der Waals surface area contributed by atoms with E-state index in [1.54, 1.807) is 6.07 Å². The van der Waals surface area contributed by atoms with Crippen molar-refractivity contribution >= 4 is 14.0 Å². The van der Waals surface area contributed by atoms with Gasteiger partial charge in [0.1, 0.15) is 5.82 Å². The second-order valence-corrected chi connectivity index (χ2v) is 10.1. The highest BCUT2D eigenvalue weighted by Crippen LogP contribution is 2.54. The van der Waals surface area contributed by atoms with Crippen molar-refractivity contribution in [2.45, 2.75) is 37.4 Å². The average molecular weight is 494 g/mol. The highest BCUT2D eigenvalue weighted by molar-refractivity contribution is 7.43. The smallest absolute Gasteiger partial charge is 0.477 e. The first-order valence-electron chi connectivity index (χ1n) is 10.8. The van der Waals surface area contributed by atoms with Crippen molar-refractivity contribution in [3.8, 4) is 34.9 Å². The van der Waals surface area contributed by atoms with Crippen LogP contribution < -0.4 is 0 Å². The molecular weight excluding hydrogens is 468 g/mol. The monoisotopic (exact) mass is 494 g/mol. The van der Waals surface area contributed by atoms with E-state index >= 15 is 0 Å². The van der Waals surface area contributed by atoms with Crippen LogP contribution in [0.1, 0.15) is 37.8 Å². The molecule has 0 bridgehead atoms. The van der Waals surface area contributed by atoms with Crippen LogP contribution in [0.4, 0.5) is 4.39 Å². The standard InChI is InChI=1S/C27H25FNO5P/c1-6-27(25(30)31,35(33)34-5)26(4,32)23-21(17(2)3)16-22(18-10-8-7-9-11-18)29-24(23)19-12-14-20(28)15-13-19/h1,7-17,32H,2-5H3/p+1. The number of aliphatic hydroxyl groups is 1. The lowest BCUT2D eigenvalue weighted by molar-refractivity contribution is -0.145. The SMILES string of the molecule is C#CC(C(=O)O)([P+](=O)OC)C(C)(O)c1c(C(C)C)cc(-c2ccccc2)nc1-c1ccc(F)cc1. The van der Waals surface area contributed by atoms with Crippen LogP contribution in [0, 0.1) is 18.2 Å². The minimum absolute atomic E-state index is 0.0829. The van der Waals surface area contributed by atoms with Gasteiger partial charge in [0, 0.05) is 16.7 Å². The summed E-state index contributed by atoms with van der Waals surface area (Å²) in [7, 11) is -2.01. The molecule has 0 saturated heterocycles. The Labute approximate surface area is 204 Å². The maximum atomic E-state index is 13.8. The van der Waals surface area contributed by atoms with Crippen LogP contribution in [0.15, 0.2) is 60.7 Å². The van der Waals surface area contributed by atoms with Gasteiger partial charge in [-0.05, 0) is 59.2 Å². The summed E-state index contributed by atoms with van der Waals surface area (Å²) in [6.45, 7) is 4.94. The van der Waals surface area contributed by atoms with Crippen molar-refractivity contribution in [1.29, 1.82) is 0 Å². The Bertz CT molecular complexity index is 1300. The van der Waals surface area contributed by atoms with Gasteiger partial charge in [-0.15, -0.1) is 10.9 Å². The van der Waals surface area contributed by atoms with E-state index in [9.17, 15) is 24.0 Å². The number of benzene rings is 2.